The smallest absolute Gasteiger partial charge is 0.111 e. The molecule has 26 heavy (non-hydrogen) atoms. The summed E-state index contributed by atoms with van der Waals surface area (Å²) in [5.41, 5.74) is 6.79. The number of fused-ring (bicyclic) bond motifs is 1. The fourth-order valence-corrected chi connectivity index (χ4v) is 3.52. The predicted molar refractivity (Wildman–Crippen MR) is 109 cm³/mol. The summed E-state index contributed by atoms with van der Waals surface area (Å²) < 4.78 is 0. The van der Waals surface area contributed by atoms with Gasteiger partial charge in [-0.3, -0.25) is 4.99 Å². The molecule has 1 fully saturated rings. The number of hydrogen-bond acceptors (Lipinski definition) is 4. The number of piperazine rings is 1. The number of aliphatic imine (C=N–C) groups is 2. The molecule has 0 atom stereocenters. The van der Waals surface area contributed by atoms with Gasteiger partial charge in [0.1, 0.15) is 5.84 Å². The quantitative estimate of drug-likeness (QED) is 0.778. The van der Waals surface area contributed by atoms with Gasteiger partial charge in [0.25, 0.3) is 0 Å². The number of benzene rings is 2. The van der Waals surface area contributed by atoms with Crippen molar-refractivity contribution in [3.05, 3.63) is 59.2 Å². The molecule has 0 saturated carbocycles. The second-order valence-corrected chi connectivity index (χ2v) is 7.34. The number of amidine groups is 1. The fourth-order valence-electron chi connectivity index (χ4n) is 3.52. The van der Waals surface area contributed by atoms with Crippen LogP contribution in [0.1, 0.15) is 23.1 Å². The SMILES string of the molecule is Cc1cc2c(cc1C)N=C(N1CCN(C)CC1)CC(c1ccccc1)=N2. The molecule has 0 amide bonds. The van der Waals surface area contributed by atoms with Gasteiger partial charge in [0.15, 0.2) is 0 Å². The summed E-state index contributed by atoms with van der Waals surface area (Å²) in [7, 11) is 2.19. The highest BCUT2D eigenvalue weighted by Crippen LogP contribution is 2.35. The molecule has 0 radical (unpaired) electrons. The van der Waals surface area contributed by atoms with Crippen molar-refractivity contribution in [2.45, 2.75) is 20.3 Å². The van der Waals surface area contributed by atoms with Crippen molar-refractivity contribution in [2.24, 2.45) is 9.98 Å². The van der Waals surface area contributed by atoms with E-state index in [4.69, 9.17) is 9.98 Å². The lowest BCUT2D eigenvalue weighted by Crippen LogP contribution is -2.47. The van der Waals surface area contributed by atoms with Crippen LogP contribution in [0, 0.1) is 13.8 Å². The van der Waals surface area contributed by atoms with Gasteiger partial charge >= 0.3 is 0 Å². The topological polar surface area (TPSA) is 31.2 Å². The minimum absolute atomic E-state index is 0.778. The maximum Gasteiger partial charge on any atom is 0.111 e. The van der Waals surface area contributed by atoms with Gasteiger partial charge in [0, 0.05) is 32.6 Å². The van der Waals surface area contributed by atoms with Crippen LogP contribution in [0.15, 0.2) is 52.4 Å². The molecule has 134 valence electrons. The summed E-state index contributed by atoms with van der Waals surface area (Å²) in [5.74, 6) is 1.14. The fraction of sp³-hybridized carbons (Fsp3) is 0.364. The number of aryl methyl sites for hydroxylation is 2. The van der Waals surface area contributed by atoms with Crippen LogP contribution in [0.4, 0.5) is 11.4 Å². The van der Waals surface area contributed by atoms with E-state index in [1.54, 1.807) is 0 Å². The lowest BCUT2D eigenvalue weighted by Gasteiger charge is -2.34. The van der Waals surface area contributed by atoms with Crippen LogP contribution in [-0.2, 0) is 0 Å². The van der Waals surface area contributed by atoms with E-state index in [1.807, 2.05) is 0 Å². The average molecular weight is 346 g/mol. The highest BCUT2D eigenvalue weighted by atomic mass is 15.3. The molecular formula is C22H26N4. The van der Waals surface area contributed by atoms with E-state index in [1.165, 1.54) is 16.7 Å². The third-order valence-electron chi connectivity index (χ3n) is 5.40. The first-order valence-corrected chi connectivity index (χ1v) is 9.35. The Morgan fingerprint density at radius 1 is 0.808 bits per heavy atom. The normalized spacial score (nSPS) is 18.0. The van der Waals surface area contributed by atoms with Crippen LogP contribution in [0.2, 0.25) is 0 Å². The van der Waals surface area contributed by atoms with Crippen LogP contribution in [-0.4, -0.2) is 54.6 Å². The molecule has 2 aromatic rings. The molecule has 0 bridgehead atoms. The third kappa shape index (κ3) is 3.42. The molecule has 2 aliphatic heterocycles. The van der Waals surface area contributed by atoms with Crippen LogP contribution in [0.3, 0.4) is 0 Å². The third-order valence-corrected chi connectivity index (χ3v) is 5.40. The highest BCUT2D eigenvalue weighted by molar-refractivity contribution is 6.14. The van der Waals surface area contributed by atoms with Gasteiger partial charge in [-0.1, -0.05) is 30.3 Å². The minimum atomic E-state index is 0.778. The number of hydrogen-bond donors (Lipinski definition) is 0. The second kappa shape index (κ2) is 7.04. The number of nitrogens with zero attached hydrogens (tertiary/aromatic N) is 4. The second-order valence-electron chi connectivity index (χ2n) is 7.34. The standard InChI is InChI=1S/C22H26N4/c1-16-13-20-21(14-17(16)2)24-22(26-11-9-25(3)10-12-26)15-19(23-20)18-7-5-4-6-8-18/h4-8,13-14H,9-12,15H2,1-3H3. The lowest BCUT2D eigenvalue weighted by molar-refractivity contribution is 0.214. The Morgan fingerprint density at radius 2 is 1.42 bits per heavy atom. The summed E-state index contributed by atoms with van der Waals surface area (Å²) >= 11 is 0. The maximum atomic E-state index is 5.07. The van der Waals surface area contributed by atoms with Crippen molar-refractivity contribution < 1.29 is 0 Å². The molecule has 0 aliphatic carbocycles. The van der Waals surface area contributed by atoms with E-state index in [0.29, 0.717) is 0 Å². The van der Waals surface area contributed by atoms with Crippen molar-refractivity contribution >= 4 is 22.9 Å². The molecule has 0 N–H and O–H groups in total. The average Bonchev–Trinajstić information content (AvgIpc) is 2.83. The Morgan fingerprint density at radius 3 is 2.08 bits per heavy atom. The molecule has 4 rings (SSSR count). The summed E-state index contributed by atoms with van der Waals surface area (Å²) in [5, 5.41) is 0. The molecule has 4 nitrogen and oxygen atoms in total. The molecule has 2 aromatic carbocycles. The van der Waals surface area contributed by atoms with Crippen molar-refractivity contribution in [2.75, 3.05) is 33.2 Å². The van der Waals surface area contributed by atoms with Gasteiger partial charge in [0.2, 0.25) is 0 Å². The van der Waals surface area contributed by atoms with Crippen LogP contribution in [0.25, 0.3) is 0 Å². The first-order valence-electron chi connectivity index (χ1n) is 9.35. The Bertz CT molecular complexity index is 859. The van der Waals surface area contributed by atoms with Crippen LogP contribution >= 0.6 is 0 Å². The Labute approximate surface area is 155 Å². The molecule has 4 heteroatoms. The molecule has 1 saturated heterocycles. The van der Waals surface area contributed by atoms with E-state index < -0.39 is 0 Å². The zero-order chi connectivity index (χ0) is 18.1. The monoisotopic (exact) mass is 346 g/mol. The zero-order valence-corrected chi connectivity index (χ0v) is 15.9. The van der Waals surface area contributed by atoms with Crippen LogP contribution < -0.4 is 0 Å². The molecule has 2 aliphatic rings. The maximum absolute atomic E-state index is 5.07. The van der Waals surface area contributed by atoms with Crippen LogP contribution in [0.5, 0.6) is 0 Å². The van der Waals surface area contributed by atoms with Gasteiger partial charge in [-0.25, -0.2) is 4.99 Å². The summed E-state index contributed by atoms with van der Waals surface area (Å²) in [6, 6.07) is 14.9. The Kier molecular flexibility index (Phi) is 4.60. The van der Waals surface area contributed by atoms with Gasteiger partial charge in [-0.05, 0) is 49.7 Å². The number of likely N-dealkylation sites (N-methyl/N-ethyl adjacent to an activating group) is 1. The molecule has 0 spiro atoms. The van der Waals surface area contributed by atoms with Gasteiger partial charge in [-0.2, -0.15) is 0 Å². The predicted octanol–water partition coefficient (Wildman–Crippen LogP) is 4.11. The van der Waals surface area contributed by atoms with Gasteiger partial charge < -0.3 is 9.80 Å². The van der Waals surface area contributed by atoms with E-state index in [2.05, 4.69) is 73.2 Å². The Hall–Kier alpha value is -2.46. The largest absolute Gasteiger partial charge is 0.357 e. The van der Waals surface area contributed by atoms with Gasteiger partial charge in [-0.15, -0.1) is 0 Å². The minimum Gasteiger partial charge on any atom is -0.357 e. The van der Waals surface area contributed by atoms with E-state index in [-0.39, 0.29) is 0 Å². The molecule has 2 heterocycles. The van der Waals surface area contributed by atoms with Crippen molar-refractivity contribution in [3.8, 4) is 0 Å². The molecule has 0 aromatic heterocycles. The summed E-state index contributed by atoms with van der Waals surface area (Å²) in [4.78, 5) is 14.9. The highest BCUT2D eigenvalue weighted by Gasteiger charge is 2.22. The van der Waals surface area contributed by atoms with Gasteiger partial charge in [0.05, 0.1) is 17.1 Å². The zero-order valence-electron chi connectivity index (χ0n) is 15.9. The summed E-state index contributed by atoms with van der Waals surface area (Å²) in [6.45, 7) is 8.50. The molecular weight excluding hydrogens is 320 g/mol. The van der Waals surface area contributed by atoms with E-state index >= 15 is 0 Å². The van der Waals surface area contributed by atoms with E-state index in [0.717, 1.165) is 55.5 Å². The van der Waals surface area contributed by atoms with Crippen molar-refractivity contribution in [3.63, 3.8) is 0 Å². The first-order chi connectivity index (χ1) is 12.6. The van der Waals surface area contributed by atoms with Crippen molar-refractivity contribution in [1.29, 1.82) is 0 Å². The Balaban J connectivity index is 1.79. The van der Waals surface area contributed by atoms with Crippen molar-refractivity contribution in [1.82, 2.24) is 9.80 Å². The summed E-state index contributed by atoms with van der Waals surface area (Å²) in [6.07, 6.45) is 0.778. The molecule has 0 unspecified atom stereocenters. The lowest BCUT2D eigenvalue weighted by atomic mass is 10.1. The van der Waals surface area contributed by atoms with E-state index in [9.17, 15) is 0 Å². The first kappa shape index (κ1) is 17.0. The number of rotatable bonds is 1.